The van der Waals surface area contributed by atoms with E-state index in [-0.39, 0.29) is 23.3 Å². The minimum atomic E-state index is -0.447. The third-order valence-electron chi connectivity index (χ3n) is 3.18. The quantitative estimate of drug-likeness (QED) is 0.575. The second kappa shape index (κ2) is 9.34. The first kappa shape index (κ1) is 19.1. The molecule has 0 saturated carbocycles. The van der Waals surface area contributed by atoms with E-state index in [0.717, 1.165) is 10.6 Å². The molecule has 0 radical (unpaired) electrons. The molecule has 7 heteroatoms. The van der Waals surface area contributed by atoms with Gasteiger partial charge in [0.1, 0.15) is 5.75 Å². The zero-order valence-electron chi connectivity index (χ0n) is 13.9. The molecule has 1 N–H and O–H groups in total. The third-order valence-corrected chi connectivity index (χ3v) is 4.51. The summed E-state index contributed by atoms with van der Waals surface area (Å²) in [6.45, 7) is 2.02. The smallest absolute Gasteiger partial charge is 0.338 e. The van der Waals surface area contributed by atoms with Gasteiger partial charge in [0.25, 0.3) is 0 Å². The second-order valence-corrected chi connectivity index (χ2v) is 6.38. The van der Waals surface area contributed by atoms with Crippen molar-refractivity contribution in [1.82, 2.24) is 0 Å². The highest BCUT2D eigenvalue weighted by atomic mass is 35.5. The molecular formula is C18H18ClNO4S. The van der Waals surface area contributed by atoms with Crippen LogP contribution in [0.3, 0.4) is 0 Å². The van der Waals surface area contributed by atoms with E-state index in [1.54, 1.807) is 26.2 Å². The van der Waals surface area contributed by atoms with Gasteiger partial charge in [-0.2, -0.15) is 0 Å². The molecular weight excluding hydrogens is 362 g/mol. The lowest BCUT2D eigenvalue weighted by Gasteiger charge is -2.09. The van der Waals surface area contributed by atoms with E-state index in [1.165, 1.54) is 17.8 Å². The Kier molecular flexibility index (Phi) is 7.16. The normalized spacial score (nSPS) is 10.2. The van der Waals surface area contributed by atoms with Crippen molar-refractivity contribution in [3.8, 4) is 5.75 Å². The molecule has 0 saturated heterocycles. The van der Waals surface area contributed by atoms with Gasteiger partial charge < -0.3 is 14.8 Å². The summed E-state index contributed by atoms with van der Waals surface area (Å²) in [6, 6.07) is 12.1. The number of benzene rings is 2. The molecule has 5 nitrogen and oxygen atoms in total. The Bertz CT molecular complexity index is 749. The van der Waals surface area contributed by atoms with Gasteiger partial charge in [-0.05, 0) is 49.4 Å². The monoisotopic (exact) mass is 379 g/mol. The summed E-state index contributed by atoms with van der Waals surface area (Å²) in [5.41, 5.74) is 0.799. The van der Waals surface area contributed by atoms with Crippen LogP contribution in [0.5, 0.6) is 5.75 Å². The van der Waals surface area contributed by atoms with Crippen molar-refractivity contribution >= 4 is 40.9 Å². The Morgan fingerprint density at radius 3 is 2.48 bits per heavy atom. The maximum Gasteiger partial charge on any atom is 0.338 e. The fourth-order valence-electron chi connectivity index (χ4n) is 1.96. The number of halogens is 1. The Labute approximate surface area is 155 Å². The first-order valence-corrected chi connectivity index (χ1v) is 8.93. The van der Waals surface area contributed by atoms with Gasteiger partial charge in [0.05, 0.1) is 35.7 Å². The van der Waals surface area contributed by atoms with Crippen molar-refractivity contribution in [2.45, 2.75) is 11.8 Å². The molecule has 2 aromatic rings. The van der Waals surface area contributed by atoms with E-state index in [1.807, 2.05) is 24.3 Å². The lowest BCUT2D eigenvalue weighted by atomic mass is 10.2. The number of hydrogen-bond acceptors (Lipinski definition) is 5. The first-order valence-electron chi connectivity index (χ1n) is 7.57. The van der Waals surface area contributed by atoms with Gasteiger partial charge in [-0.3, -0.25) is 4.79 Å². The van der Waals surface area contributed by atoms with Crippen LogP contribution in [0.4, 0.5) is 5.69 Å². The topological polar surface area (TPSA) is 64.6 Å². The van der Waals surface area contributed by atoms with Crippen molar-refractivity contribution in [3.63, 3.8) is 0 Å². The van der Waals surface area contributed by atoms with Crippen molar-refractivity contribution in [2.24, 2.45) is 0 Å². The molecule has 25 heavy (non-hydrogen) atoms. The predicted molar refractivity (Wildman–Crippen MR) is 99.8 cm³/mol. The molecule has 2 rings (SSSR count). The summed E-state index contributed by atoms with van der Waals surface area (Å²) in [4.78, 5) is 24.7. The Morgan fingerprint density at radius 2 is 1.88 bits per heavy atom. The predicted octanol–water partition coefficient (Wildman–Crippen LogP) is 4.26. The SMILES string of the molecule is CCOC(=O)c1ccc(NC(=O)CSc2ccc(OC)cc2)c(Cl)c1. The first-order chi connectivity index (χ1) is 12.0. The van der Waals surface area contributed by atoms with Crippen molar-refractivity contribution < 1.29 is 19.1 Å². The van der Waals surface area contributed by atoms with Crippen LogP contribution in [-0.2, 0) is 9.53 Å². The number of rotatable bonds is 7. The van der Waals surface area contributed by atoms with E-state index < -0.39 is 5.97 Å². The number of methoxy groups -OCH3 is 1. The summed E-state index contributed by atoms with van der Waals surface area (Å²) < 4.78 is 10.0. The molecule has 0 bridgehead atoms. The molecule has 0 aliphatic rings. The number of hydrogen-bond donors (Lipinski definition) is 1. The fraction of sp³-hybridized carbons (Fsp3) is 0.222. The Hall–Kier alpha value is -2.18. The van der Waals surface area contributed by atoms with E-state index >= 15 is 0 Å². The molecule has 0 heterocycles. The lowest BCUT2D eigenvalue weighted by Crippen LogP contribution is -2.14. The van der Waals surface area contributed by atoms with Gasteiger partial charge >= 0.3 is 5.97 Å². The van der Waals surface area contributed by atoms with Crippen LogP contribution in [0.15, 0.2) is 47.4 Å². The molecule has 0 spiro atoms. The molecule has 0 atom stereocenters. The van der Waals surface area contributed by atoms with Crippen LogP contribution in [-0.4, -0.2) is 31.3 Å². The fourth-order valence-corrected chi connectivity index (χ4v) is 2.89. The highest BCUT2D eigenvalue weighted by molar-refractivity contribution is 8.00. The van der Waals surface area contributed by atoms with Crippen LogP contribution in [0.25, 0.3) is 0 Å². The summed E-state index contributed by atoms with van der Waals surface area (Å²) in [7, 11) is 1.60. The largest absolute Gasteiger partial charge is 0.497 e. The summed E-state index contributed by atoms with van der Waals surface area (Å²) in [5.74, 6) is 0.369. The van der Waals surface area contributed by atoms with Gasteiger partial charge in [0.2, 0.25) is 5.91 Å². The molecule has 0 aliphatic carbocycles. The van der Waals surface area contributed by atoms with Gasteiger partial charge in [-0.1, -0.05) is 11.6 Å². The number of nitrogens with one attached hydrogen (secondary N) is 1. The average Bonchev–Trinajstić information content (AvgIpc) is 2.62. The molecule has 2 aromatic carbocycles. The maximum absolute atomic E-state index is 12.1. The van der Waals surface area contributed by atoms with Crippen LogP contribution in [0.2, 0.25) is 5.02 Å². The van der Waals surface area contributed by atoms with E-state index in [9.17, 15) is 9.59 Å². The number of carbonyl (C=O) groups excluding carboxylic acids is 2. The van der Waals surface area contributed by atoms with Crippen LogP contribution < -0.4 is 10.1 Å². The summed E-state index contributed by atoms with van der Waals surface area (Å²) >= 11 is 7.53. The molecule has 0 aliphatic heterocycles. The highest BCUT2D eigenvalue weighted by Gasteiger charge is 2.11. The minimum absolute atomic E-state index is 0.188. The molecule has 0 aromatic heterocycles. The van der Waals surface area contributed by atoms with Crippen molar-refractivity contribution in [2.75, 3.05) is 24.8 Å². The van der Waals surface area contributed by atoms with Crippen LogP contribution in [0.1, 0.15) is 17.3 Å². The van der Waals surface area contributed by atoms with Gasteiger partial charge in [-0.15, -0.1) is 11.8 Å². The van der Waals surface area contributed by atoms with Crippen LogP contribution >= 0.6 is 23.4 Å². The van der Waals surface area contributed by atoms with E-state index in [0.29, 0.717) is 11.3 Å². The van der Waals surface area contributed by atoms with E-state index in [4.69, 9.17) is 21.1 Å². The van der Waals surface area contributed by atoms with E-state index in [2.05, 4.69) is 5.32 Å². The Morgan fingerprint density at radius 1 is 1.16 bits per heavy atom. The number of carbonyl (C=O) groups is 2. The molecule has 0 unspecified atom stereocenters. The second-order valence-electron chi connectivity index (χ2n) is 4.93. The van der Waals surface area contributed by atoms with Crippen molar-refractivity contribution in [1.29, 1.82) is 0 Å². The minimum Gasteiger partial charge on any atom is -0.497 e. The van der Waals surface area contributed by atoms with Gasteiger partial charge in [0, 0.05) is 4.90 Å². The van der Waals surface area contributed by atoms with Crippen molar-refractivity contribution in [3.05, 3.63) is 53.1 Å². The number of thioether (sulfide) groups is 1. The number of ether oxygens (including phenoxy) is 2. The maximum atomic E-state index is 12.1. The third kappa shape index (κ3) is 5.69. The lowest BCUT2D eigenvalue weighted by molar-refractivity contribution is -0.113. The molecule has 1 amide bonds. The molecule has 132 valence electrons. The number of esters is 1. The van der Waals surface area contributed by atoms with Crippen LogP contribution in [0, 0.1) is 0 Å². The average molecular weight is 380 g/mol. The number of anilines is 1. The van der Waals surface area contributed by atoms with Gasteiger partial charge in [0.15, 0.2) is 0 Å². The van der Waals surface area contributed by atoms with Gasteiger partial charge in [-0.25, -0.2) is 4.79 Å². The molecule has 0 fully saturated rings. The summed E-state index contributed by atoms with van der Waals surface area (Å²) in [5, 5.41) is 3.02. The highest BCUT2D eigenvalue weighted by Crippen LogP contribution is 2.25. The standard InChI is InChI=1S/C18H18ClNO4S/c1-3-24-18(22)12-4-9-16(15(19)10-12)20-17(21)11-25-14-7-5-13(23-2)6-8-14/h4-10H,3,11H2,1-2H3,(H,20,21). The summed E-state index contributed by atoms with van der Waals surface area (Å²) in [6.07, 6.45) is 0. The zero-order chi connectivity index (χ0) is 18.2. The number of amides is 1. The Balaban J connectivity index is 1.92. The zero-order valence-corrected chi connectivity index (χ0v) is 15.4.